The zero-order valence-electron chi connectivity index (χ0n) is 44.3. The summed E-state index contributed by atoms with van der Waals surface area (Å²) in [6.45, 7) is -0.201. The van der Waals surface area contributed by atoms with E-state index in [-0.39, 0.29) is 19.3 Å². The average molecular weight is 838 g/mol. The molecule has 0 saturated carbocycles. The van der Waals surface area contributed by atoms with Crippen LogP contribution in [0.3, 0.4) is 0 Å². The van der Waals surface area contributed by atoms with Gasteiger partial charge in [0.25, 0.3) is 0 Å². The van der Waals surface area contributed by atoms with E-state index in [4.69, 9.17) is 21.1 Å². The molecule has 0 aliphatic carbocycles. The lowest BCUT2D eigenvalue weighted by Gasteiger charge is -2.18. The number of allylic oxidation sites excluding steroid dienone is 2. The molecule has 0 aromatic heterocycles. The molecule has 0 amide bonds. The maximum Gasteiger partial charge on any atom is 0.306 e. The molecule has 0 radical (unpaired) electrons. The van der Waals surface area contributed by atoms with Crippen molar-refractivity contribution in [1.82, 2.24) is 0 Å². The molecule has 0 saturated heterocycles. The molecular weight excluding hydrogens is 733 g/mol. The highest BCUT2D eigenvalue weighted by molar-refractivity contribution is 5.71. The topological polar surface area (TPSA) is 78.9 Å². The number of esters is 3. The first-order valence-corrected chi connectivity index (χ1v) is 25.7. The first-order valence-electron chi connectivity index (χ1n) is 28.2. The van der Waals surface area contributed by atoms with Crippen molar-refractivity contribution in [1.29, 1.82) is 0 Å². The van der Waals surface area contributed by atoms with E-state index < -0.39 is 37.1 Å². The van der Waals surface area contributed by atoms with Crippen LogP contribution in [0.25, 0.3) is 0 Å². The number of unbranched alkanes of at least 4 members (excludes halogenated alkanes) is 35. The maximum absolute atomic E-state index is 13.1. The highest BCUT2D eigenvalue weighted by Crippen LogP contribution is 2.16. The standard InChI is InChI=1S/C53H100O6/c1-4-7-10-13-16-19-22-25-26-29-32-35-38-41-44-47-53(56)59-50(48-57-51(54)45-42-39-36-33-30-27-23-20-17-14-11-8-5-2)49-58-52(55)46-43-40-37-34-31-28-24-21-18-15-12-9-6-3/h25-26,50H,4-24,27-49H2,1-3H3/i48D2,49D2,50D. The second-order valence-corrected chi connectivity index (χ2v) is 17.3. The minimum absolute atomic E-state index is 0.127. The Bertz CT molecular complexity index is 1080. The van der Waals surface area contributed by atoms with E-state index in [9.17, 15) is 14.4 Å². The molecule has 0 spiro atoms. The van der Waals surface area contributed by atoms with Crippen LogP contribution < -0.4 is 0 Å². The number of ether oxygens (including phenoxy) is 3. The fourth-order valence-corrected chi connectivity index (χ4v) is 7.45. The van der Waals surface area contributed by atoms with E-state index in [2.05, 4.69) is 32.9 Å². The van der Waals surface area contributed by atoms with Crippen LogP contribution in [0.1, 0.15) is 297 Å². The molecule has 6 nitrogen and oxygen atoms in total. The molecule has 0 N–H and O–H groups in total. The van der Waals surface area contributed by atoms with Gasteiger partial charge in [-0.15, -0.1) is 0 Å². The summed E-state index contributed by atoms with van der Waals surface area (Å²) in [6, 6.07) is 0. The third kappa shape index (κ3) is 47.1. The van der Waals surface area contributed by atoms with Crippen molar-refractivity contribution >= 4 is 17.9 Å². The molecule has 0 aliphatic rings. The largest absolute Gasteiger partial charge is 0.462 e. The van der Waals surface area contributed by atoms with Gasteiger partial charge >= 0.3 is 17.9 Å². The molecule has 0 rings (SSSR count). The van der Waals surface area contributed by atoms with Gasteiger partial charge in [-0.3, -0.25) is 14.4 Å². The van der Waals surface area contributed by atoms with Crippen LogP contribution >= 0.6 is 0 Å². The van der Waals surface area contributed by atoms with Gasteiger partial charge in [-0.2, -0.15) is 0 Å². The summed E-state index contributed by atoms with van der Waals surface area (Å²) in [7, 11) is 0. The predicted octanol–water partition coefficient (Wildman–Crippen LogP) is 17.0. The lowest BCUT2D eigenvalue weighted by molar-refractivity contribution is -0.167. The van der Waals surface area contributed by atoms with Crippen molar-refractivity contribution in [2.24, 2.45) is 0 Å². The Labute approximate surface area is 374 Å². The monoisotopic (exact) mass is 838 g/mol. The molecule has 0 bridgehead atoms. The summed E-state index contributed by atoms with van der Waals surface area (Å²) < 4.78 is 58.8. The van der Waals surface area contributed by atoms with Gasteiger partial charge in [-0.25, -0.2) is 0 Å². The van der Waals surface area contributed by atoms with Gasteiger partial charge in [0.2, 0.25) is 0 Å². The molecule has 6 heteroatoms. The summed E-state index contributed by atoms with van der Waals surface area (Å²) in [4.78, 5) is 38.9. The Hall–Kier alpha value is -1.85. The summed E-state index contributed by atoms with van der Waals surface area (Å²) in [5, 5.41) is 0. The van der Waals surface area contributed by atoms with Crippen molar-refractivity contribution in [3.63, 3.8) is 0 Å². The number of carbonyl (C=O) groups is 3. The first-order chi connectivity index (χ1) is 30.9. The maximum atomic E-state index is 13.1. The number of rotatable bonds is 48. The van der Waals surface area contributed by atoms with E-state index >= 15 is 0 Å². The molecule has 0 aromatic rings. The van der Waals surface area contributed by atoms with E-state index in [0.717, 1.165) is 83.5 Å². The van der Waals surface area contributed by atoms with Gasteiger partial charge < -0.3 is 14.2 Å². The molecule has 0 atom stereocenters. The lowest BCUT2D eigenvalue weighted by atomic mass is 10.0. The SMILES string of the molecule is [2H]C([2H])(OC(=O)CCCCCCCCCCCCCCC)C([2H])(OC(=O)CCCCCCCC=CCCCCCCCC)C([2H])([2H])OC(=O)CCCCCCCCCCCCCCC. The number of carbonyl (C=O) groups excluding carboxylic acids is 3. The van der Waals surface area contributed by atoms with Gasteiger partial charge in [0.15, 0.2) is 6.08 Å². The van der Waals surface area contributed by atoms with Crippen LogP contribution in [0, 0.1) is 0 Å². The van der Waals surface area contributed by atoms with Gasteiger partial charge in [0.05, 0.1) is 6.85 Å². The van der Waals surface area contributed by atoms with Crippen LogP contribution in [0.2, 0.25) is 0 Å². The zero-order valence-corrected chi connectivity index (χ0v) is 39.3. The molecule has 0 aromatic carbocycles. The summed E-state index contributed by atoms with van der Waals surface area (Å²) in [5.74, 6) is -2.94. The summed E-state index contributed by atoms with van der Waals surface area (Å²) >= 11 is 0. The smallest absolute Gasteiger partial charge is 0.306 e. The molecule has 0 unspecified atom stereocenters. The molecular formula is C53H100O6. The van der Waals surface area contributed by atoms with E-state index in [1.54, 1.807) is 0 Å². The summed E-state index contributed by atoms with van der Waals surface area (Å²) in [6.07, 6.45) is 43.7. The molecule has 0 aliphatic heterocycles. The molecule has 0 heterocycles. The van der Waals surface area contributed by atoms with Gasteiger partial charge in [-0.1, -0.05) is 238 Å². The molecule has 0 fully saturated rings. The van der Waals surface area contributed by atoms with Gasteiger partial charge in [-0.05, 0) is 44.9 Å². The Morgan fingerprint density at radius 2 is 0.610 bits per heavy atom. The van der Waals surface area contributed by atoms with Crippen molar-refractivity contribution in [3.05, 3.63) is 12.2 Å². The van der Waals surface area contributed by atoms with Crippen molar-refractivity contribution < 1.29 is 35.4 Å². The Kier molecular flexibility index (Phi) is 39.9. The van der Waals surface area contributed by atoms with Crippen molar-refractivity contribution in [3.8, 4) is 0 Å². The Morgan fingerprint density at radius 1 is 0.373 bits per heavy atom. The van der Waals surface area contributed by atoms with Crippen LogP contribution in [0.15, 0.2) is 12.2 Å². The van der Waals surface area contributed by atoms with Crippen molar-refractivity contribution in [2.75, 3.05) is 13.1 Å². The Morgan fingerprint density at radius 3 is 0.898 bits per heavy atom. The highest BCUT2D eigenvalue weighted by atomic mass is 16.6. The van der Waals surface area contributed by atoms with Gasteiger partial charge in [0, 0.05) is 19.3 Å². The predicted molar refractivity (Wildman–Crippen MR) is 252 cm³/mol. The third-order valence-electron chi connectivity index (χ3n) is 11.3. The second-order valence-electron chi connectivity index (χ2n) is 17.3. The molecule has 348 valence electrons. The first kappa shape index (κ1) is 48.2. The van der Waals surface area contributed by atoms with E-state index in [0.29, 0.717) is 25.7 Å². The van der Waals surface area contributed by atoms with Gasteiger partial charge in [0.1, 0.15) is 13.1 Å². The van der Waals surface area contributed by atoms with Crippen LogP contribution in [0.4, 0.5) is 0 Å². The summed E-state index contributed by atoms with van der Waals surface area (Å²) in [5.41, 5.74) is 0. The molecule has 59 heavy (non-hydrogen) atoms. The number of hydrogen-bond donors (Lipinski definition) is 0. The number of hydrogen-bond acceptors (Lipinski definition) is 6. The quantitative estimate of drug-likeness (QED) is 0.0263. The highest BCUT2D eigenvalue weighted by Gasteiger charge is 2.19. The fourth-order valence-electron chi connectivity index (χ4n) is 7.45. The average Bonchev–Trinajstić information content (AvgIpc) is 3.25. The van der Waals surface area contributed by atoms with Crippen LogP contribution in [-0.2, 0) is 28.6 Å². The van der Waals surface area contributed by atoms with Crippen molar-refractivity contribution in [2.45, 2.75) is 297 Å². The van der Waals surface area contributed by atoms with E-state index in [1.807, 2.05) is 0 Å². The third-order valence-corrected chi connectivity index (χ3v) is 11.3. The fraction of sp³-hybridized carbons (Fsp3) is 0.906. The van der Waals surface area contributed by atoms with E-state index in [1.165, 1.54) is 141 Å². The second kappa shape index (κ2) is 48.8. The lowest BCUT2D eigenvalue weighted by Crippen LogP contribution is -2.30. The Balaban J connectivity index is 5.01. The minimum atomic E-state index is -3.49. The minimum Gasteiger partial charge on any atom is -0.462 e. The van der Waals surface area contributed by atoms with Crippen LogP contribution in [0.5, 0.6) is 0 Å². The zero-order chi connectivity index (χ0) is 47.5. The van der Waals surface area contributed by atoms with Crippen LogP contribution in [-0.4, -0.2) is 37.1 Å². The normalized spacial score (nSPS) is 13.4.